The molecule has 2 aromatic carbocycles. The molecule has 1 amide bonds. The monoisotopic (exact) mass is 305 g/mol. The number of aromatic hydroxyl groups is 1. The maximum atomic E-state index is 12.1. The Kier molecular flexibility index (Phi) is 3.99. The van der Waals surface area contributed by atoms with Gasteiger partial charge >= 0.3 is 0 Å². The largest absolute Gasteiger partial charge is 0.507 e. The summed E-state index contributed by atoms with van der Waals surface area (Å²) in [6.07, 6.45) is 1.10. The number of amides is 1. The quantitative estimate of drug-likeness (QED) is 0.912. The molecule has 2 rings (SSSR count). The van der Waals surface area contributed by atoms with E-state index in [0.717, 1.165) is 11.8 Å². The molecule has 0 aromatic heterocycles. The molecule has 0 saturated heterocycles. The third kappa shape index (κ3) is 3.61. The van der Waals surface area contributed by atoms with Crippen LogP contribution in [0.1, 0.15) is 15.9 Å². The summed E-state index contributed by atoms with van der Waals surface area (Å²) in [5, 5.41) is 12.3. The van der Waals surface area contributed by atoms with Crippen molar-refractivity contribution < 1.29 is 18.3 Å². The molecule has 110 valence electrons. The Morgan fingerprint density at radius 3 is 2.48 bits per heavy atom. The number of anilines is 1. The molecule has 0 heterocycles. The van der Waals surface area contributed by atoms with Crippen molar-refractivity contribution in [1.82, 2.24) is 0 Å². The highest BCUT2D eigenvalue weighted by molar-refractivity contribution is 7.90. The van der Waals surface area contributed by atoms with Gasteiger partial charge in [-0.1, -0.05) is 12.1 Å². The van der Waals surface area contributed by atoms with Gasteiger partial charge in [-0.25, -0.2) is 8.42 Å². The first-order chi connectivity index (χ1) is 9.77. The Morgan fingerprint density at radius 1 is 1.14 bits per heavy atom. The summed E-state index contributed by atoms with van der Waals surface area (Å²) >= 11 is 0. The second-order valence-electron chi connectivity index (χ2n) is 4.77. The minimum Gasteiger partial charge on any atom is -0.507 e. The third-order valence-corrected chi connectivity index (χ3v) is 4.03. The van der Waals surface area contributed by atoms with E-state index in [1.54, 1.807) is 25.1 Å². The van der Waals surface area contributed by atoms with E-state index in [9.17, 15) is 18.3 Å². The number of hydrogen-bond donors (Lipinski definition) is 2. The number of benzene rings is 2. The summed E-state index contributed by atoms with van der Waals surface area (Å²) in [6, 6.07) is 10.7. The van der Waals surface area contributed by atoms with Crippen molar-refractivity contribution in [2.24, 2.45) is 0 Å². The first-order valence-electron chi connectivity index (χ1n) is 6.18. The van der Waals surface area contributed by atoms with Crippen molar-refractivity contribution in [3.8, 4) is 5.75 Å². The third-order valence-electron chi connectivity index (χ3n) is 2.92. The van der Waals surface area contributed by atoms with Crippen molar-refractivity contribution in [2.75, 3.05) is 11.6 Å². The smallest absolute Gasteiger partial charge is 0.259 e. The molecule has 0 aliphatic carbocycles. The molecular formula is C15H15NO4S. The number of hydrogen-bond acceptors (Lipinski definition) is 4. The number of aryl methyl sites for hydroxylation is 1. The van der Waals surface area contributed by atoms with Crippen molar-refractivity contribution >= 4 is 21.4 Å². The lowest BCUT2D eigenvalue weighted by Gasteiger charge is -2.08. The molecule has 2 aromatic rings. The molecule has 0 atom stereocenters. The highest BCUT2D eigenvalue weighted by Crippen LogP contribution is 2.21. The average molecular weight is 305 g/mol. The normalized spacial score (nSPS) is 11.1. The van der Waals surface area contributed by atoms with Crippen LogP contribution < -0.4 is 5.32 Å². The summed E-state index contributed by atoms with van der Waals surface area (Å²) < 4.78 is 23.0. The van der Waals surface area contributed by atoms with Crippen LogP contribution in [0.15, 0.2) is 47.4 Å². The van der Waals surface area contributed by atoms with Crippen LogP contribution in [0.3, 0.4) is 0 Å². The molecule has 0 saturated carbocycles. The van der Waals surface area contributed by atoms with E-state index in [1.807, 2.05) is 0 Å². The van der Waals surface area contributed by atoms with E-state index in [2.05, 4.69) is 5.32 Å². The average Bonchev–Trinajstić information content (AvgIpc) is 2.37. The Bertz CT molecular complexity index is 797. The number of carbonyl (C=O) groups is 1. The number of rotatable bonds is 3. The Labute approximate surface area is 123 Å². The number of sulfone groups is 1. The van der Waals surface area contributed by atoms with Crippen LogP contribution in [-0.4, -0.2) is 25.7 Å². The van der Waals surface area contributed by atoms with E-state index >= 15 is 0 Å². The summed E-state index contributed by atoms with van der Waals surface area (Å²) in [7, 11) is -3.34. The summed E-state index contributed by atoms with van der Waals surface area (Å²) in [6.45, 7) is 1.80. The number of carbonyl (C=O) groups excluding carboxylic acids is 1. The molecule has 0 aliphatic heterocycles. The second kappa shape index (κ2) is 5.57. The van der Waals surface area contributed by atoms with Gasteiger partial charge in [-0.3, -0.25) is 4.79 Å². The van der Waals surface area contributed by atoms with Gasteiger partial charge in [0, 0.05) is 11.9 Å². The van der Waals surface area contributed by atoms with Gasteiger partial charge in [0.25, 0.3) is 5.91 Å². The lowest BCUT2D eigenvalue weighted by molar-refractivity contribution is 0.102. The molecule has 0 fully saturated rings. The van der Waals surface area contributed by atoms with E-state index < -0.39 is 15.7 Å². The van der Waals surface area contributed by atoms with Crippen LogP contribution in [0.5, 0.6) is 5.75 Å². The fourth-order valence-electron chi connectivity index (χ4n) is 1.84. The fourth-order valence-corrected chi connectivity index (χ4v) is 2.50. The van der Waals surface area contributed by atoms with E-state index in [4.69, 9.17) is 0 Å². The highest BCUT2D eigenvalue weighted by atomic mass is 32.2. The minimum absolute atomic E-state index is 0.119. The van der Waals surface area contributed by atoms with Crippen molar-refractivity contribution in [3.63, 3.8) is 0 Å². The first kappa shape index (κ1) is 15.1. The van der Waals surface area contributed by atoms with Gasteiger partial charge in [-0.15, -0.1) is 0 Å². The molecule has 6 heteroatoms. The maximum Gasteiger partial charge on any atom is 0.259 e. The number of phenols is 1. The van der Waals surface area contributed by atoms with Crippen LogP contribution in [0.4, 0.5) is 5.69 Å². The zero-order valence-corrected chi connectivity index (χ0v) is 12.4. The Morgan fingerprint density at radius 2 is 1.86 bits per heavy atom. The fraction of sp³-hybridized carbons (Fsp3) is 0.133. The van der Waals surface area contributed by atoms with Gasteiger partial charge in [0.1, 0.15) is 5.75 Å². The zero-order chi connectivity index (χ0) is 15.6. The van der Waals surface area contributed by atoms with Crippen molar-refractivity contribution in [1.29, 1.82) is 0 Å². The predicted octanol–water partition coefficient (Wildman–Crippen LogP) is 2.36. The minimum atomic E-state index is -3.34. The Balaban J connectivity index is 2.28. The topological polar surface area (TPSA) is 83.5 Å². The standard InChI is InChI=1S/C15H15NO4S/c1-10-6-7-13(14(17)8-10)15(18)16-11-4-3-5-12(9-11)21(2,19)20/h3-9,17H,1-2H3,(H,16,18). The summed E-state index contributed by atoms with van der Waals surface area (Å²) in [5.41, 5.74) is 1.32. The Hall–Kier alpha value is -2.34. The van der Waals surface area contributed by atoms with Gasteiger partial charge in [-0.2, -0.15) is 0 Å². The van der Waals surface area contributed by atoms with Gasteiger partial charge in [0.2, 0.25) is 0 Å². The van der Waals surface area contributed by atoms with Crippen molar-refractivity contribution in [2.45, 2.75) is 11.8 Å². The molecule has 5 nitrogen and oxygen atoms in total. The van der Waals surface area contributed by atoms with Crippen molar-refractivity contribution in [3.05, 3.63) is 53.6 Å². The molecule has 0 spiro atoms. The second-order valence-corrected chi connectivity index (χ2v) is 6.79. The van der Waals surface area contributed by atoms with E-state index in [1.165, 1.54) is 24.3 Å². The molecule has 0 radical (unpaired) electrons. The maximum absolute atomic E-state index is 12.1. The molecule has 0 aliphatic rings. The lowest BCUT2D eigenvalue weighted by atomic mass is 10.1. The summed E-state index contributed by atoms with van der Waals surface area (Å²) in [4.78, 5) is 12.2. The molecule has 0 bridgehead atoms. The van der Waals surface area contributed by atoms with Crippen LogP contribution in [-0.2, 0) is 9.84 Å². The molecule has 21 heavy (non-hydrogen) atoms. The number of phenolic OH excluding ortho intramolecular Hbond substituents is 1. The van der Waals surface area contributed by atoms with E-state index in [0.29, 0.717) is 5.69 Å². The van der Waals surface area contributed by atoms with Gasteiger partial charge < -0.3 is 10.4 Å². The molecular weight excluding hydrogens is 290 g/mol. The van der Waals surface area contributed by atoms with Gasteiger partial charge in [0.15, 0.2) is 9.84 Å². The van der Waals surface area contributed by atoms with Crippen LogP contribution in [0.25, 0.3) is 0 Å². The highest BCUT2D eigenvalue weighted by Gasteiger charge is 2.13. The van der Waals surface area contributed by atoms with Gasteiger partial charge in [-0.05, 0) is 42.8 Å². The molecule has 0 unspecified atom stereocenters. The first-order valence-corrected chi connectivity index (χ1v) is 8.07. The lowest BCUT2D eigenvalue weighted by Crippen LogP contribution is -2.12. The van der Waals surface area contributed by atoms with Crippen LogP contribution in [0, 0.1) is 6.92 Å². The van der Waals surface area contributed by atoms with E-state index in [-0.39, 0.29) is 16.2 Å². The van der Waals surface area contributed by atoms with Crippen LogP contribution in [0.2, 0.25) is 0 Å². The van der Waals surface area contributed by atoms with Gasteiger partial charge in [0.05, 0.1) is 10.5 Å². The van der Waals surface area contributed by atoms with Crippen LogP contribution >= 0.6 is 0 Å². The SMILES string of the molecule is Cc1ccc(C(=O)Nc2cccc(S(C)(=O)=O)c2)c(O)c1. The number of nitrogens with one attached hydrogen (secondary N) is 1. The molecule has 2 N–H and O–H groups in total. The zero-order valence-electron chi connectivity index (χ0n) is 11.6. The summed E-state index contributed by atoms with van der Waals surface area (Å²) in [5.74, 6) is -0.620. The predicted molar refractivity (Wildman–Crippen MR) is 80.3 cm³/mol.